The Balaban J connectivity index is 2.49. The van der Waals surface area contributed by atoms with Gasteiger partial charge in [0.05, 0.1) is 11.7 Å². The Morgan fingerprint density at radius 3 is 2.79 bits per heavy atom. The molecule has 1 aliphatic rings. The number of fused-ring (bicyclic) bond motifs is 1. The minimum absolute atomic E-state index is 0.0451. The molecule has 0 spiro atoms. The maximum atomic E-state index is 12.5. The lowest BCUT2D eigenvalue weighted by Crippen LogP contribution is -2.14. The second kappa shape index (κ2) is 3.02. The standard InChI is InChI=1S/C9H10F3NO/c10-9(11,12)5-4-13-6-2-1-3-7(14)8(5)6/h4,7,13-14H,1-3H2. The summed E-state index contributed by atoms with van der Waals surface area (Å²) in [4.78, 5) is 2.58. The Morgan fingerprint density at radius 1 is 1.43 bits per heavy atom. The molecule has 0 radical (unpaired) electrons. The zero-order chi connectivity index (χ0) is 10.3. The van der Waals surface area contributed by atoms with E-state index >= 15 is 0 Å². The molecule has 0 saturated heterocycles. The molecular weight excluding hydrogens is 195 g/mol. The van der Waals surface area contributed by atoms with Crippen molar-refractivity contribution in [2.75, 3.05) is 0 Å². The van der Waals surface area contributed by atoms with E-state index in [4.69, 9.17) is 0 Å². The van der Waals surface area contributed by atoms with Crippen molar-refractivity contribution >= 4 is 0 Å². The summed E-state index contributed by atoms with van der Waals surface area (Å²) >= 11 is 0. The fourth-order valence-electron chi connectivity index (χ4n) is 1.92. The first-order chi connectivity index (χ1) is 6.50. The maximum Gasteiger partial charge on any atom is 0.418 e. The number of H-pyrrole nitrogens is 1. The molecule has 78 valence electrons. The third-order valence-electron chi connectivity index (χ3n) is 2.55. The number of halogens is 3. The molecule has 14 heavy (non-hydrogen) atoms. The summed E-state index contributed by atoms with van der Waals surface area (Å²) in [5.74, 6) is 0. The summed E-state index contributed by atoms with van der Waals surface area (Å²) in [5.41, 5.74) is -0.153. The van der Waals surface area contributed by atoms with Gasteiger partial charge in [0.25, 0.3) is 0 Å². The highest BCUT2D eigenvalue weighted by Gasteiger charge is 2.38. The minimum Gasteiger partial charge on any atom is -0.388 e. The highest BCUT2D eigenvalue weighted by molar-refractivity contribution is 5.36. The van der Waals surface area contributed by atoms with Crippen LogP contribution in [0.2, 0.25) is 0 Å². The van der Waals surface area contributed by atoms with Gasteiger partial charge in [0.1, 0.15) is 0 Å². The molecule has 0 fully saturated rings. The van der Waals surface area contributed by atoms with Gasteiger partial charge in [0.2, 0.25) is 0 Å². The molecule has 2 N–H and O–H groups in total. The van der Waals surface area contributed by atoms with E-state index in [1.54, 1.807) is 0 Å². The zero-order valence-corrected chi connectivity index (χ0v) is 7.36. The Kier molecular flexibility index (Phi) is 2.06. The summed E-state index contributed by atoms with van der Waals surface area (Å²) in [6.45, 7) is 0. The maximum absolute atomic E-state index is 12.5. The van der Waals surface area contributed by atoms with Gasteiger partial charge in [-0.15, -0.1) is 0 Å². The van der Waals surface area contributed by atoms with Crippen molar-refractivity contribution in [2.24, 2.45) is 0 Å². The number of aromatic nitrogens is 1. The molecule has 1 aliphatic carbocycles. The molecule has 1 atom stereocenters. The Bertz CT molecular complexity index is 342. The third-order valence-corrected chi connectivity index (χ3v) is 2.55. The van der Waals surface area contributed by atoms with Gasteiger partial charge in [-0.05, 0) is 19.3 Å². The summed E-state index contributed by atoms with van der Waals surface area (Å²) in [7, 11) is 0. The summed E-state index contributed by atoms with van der Waals surface area (Å²) in [6.07, 6.45) is -2.68. The lowest BCUT2D eigenvalue weighted by Gasteiger charge is -2.19. The van der Waals surface area contributed by atoms with E-state index in [1.165, 1.54) is 0 Å². The first-order valence-electron chi connectivity index (χ1n) is 4.45. The second-order valence-electron chi connectivity index (χ2n) is 3.50. The van der Waals surface area contributed by atoms with Crippen molar-refractivity contribution in [3.8, 4) is 0 Å². The lowest BCUT2D eigenvalue weighted by atomic mass is 9.92. The highest BCUT2D eigenvalue weighted by Crippen LogP contribution is 2.40. The number of aliphatic hydroxyl groups excluding tert-OH is 1. The topological polar surface area (TPSA) is 36.0 Å². The summed E-state index contributed by atoms with van der Waals surface area (Å²) in [5, 5.41) is 9.47. The molecule has 1 aromatic heterocycles. The average Bonchev–Trinajstić information content (AvgIpc) is 2.47. The molecule has 1 aromatic rings. The van der Waals surface area contributed by atoms with Crippen LogP contribution >= 0.6 is 0 Å². The zero-order valence-electron chi connectivity index (χ0n) is 7.36. The number of rotatable bonds is 0. The minimum atomic E-state index is -4.37. The molecule has 1 heterocycles. The predicted octanol–water partition coefficient (Wildman–Crippen LogP) is 2.40. The first kappa shape index (κ1) is 9.58. The lowest BCUT2D eigenvalue weighted by molar-refractivity contribution is -0.139. The van der Waals surface area contributed by atoms with Crippen LogP contribution in [0.5, 0.6) is 0 Å². The van der Waals surface area contributed by atoms with Crippen LogP contribution < -0.4 is 0 Å². The molecule has 2 nitrogen and oxygen atoms in total. The molecule has 0 aromatic carbocycles. The monoisotopic (exact) mass is 205 g/mol. The van der Waals surface area contributed by atoms with Crippen LogP contribution in [0.4, 0.5) is 13.2 Å². The number of hydrogen-bond acceptors (Lipinski definition) is 1. The van der Waals surface area contributed by atoms with Crippen molar-refractivity contribution in [1.82, 2.24) is 4.98 Å². The molecule has 5 heteroatoms. The van der Waals surface area contributed by atoms with Crippen LogP contribution in [0.1, 0.15) is 35.8 Å². The van der Waals surface area contributed by atoms with Crippen LogP contribution in [-0.2, 0) is 12.6 Å². The summed E-state index contributed by atoms with van der Waals surface area (Å²) in [6, 6.07) is 0. The average molecular weight is 205 g/mol. The van der Waals surface area contributed by atoms with E-state index < -0.39 is 17.8 Å². The number of alkyl halides is 3. The number of nitrogens with one attached hydrogen (secondary N) is 1. The number of aromatic amines is 1. The van der Waals surface area contributed by atoms with Crippen LogP contribution in [0, 0.1) is 0 Å². The predicted molar refractivity (Wildman–Crippen MR) is 43.7 cm³/mol. The van der Waals surface area contributed by atoms with Gasteiger partial charge in [-0.25, -0.2) is 0 Å². The van der Waals surface area contributed by atoms with Crippen molar-refractivity contribution in [3.63, 3.8) is 0 Å². The molecule has 0 amide bonds. The van der Waals surface area contributed by atoms with Gasteiger partial charge in [-0.2, -0.15) is 13.2 Å². The molecule has 0 bridgehead atoms. The second-order valence-corrected chi connectivity index (χ2v) is 3.50. The van der Waals surface area contributed by atoms with Crippen molar-refractivity contribution in [1.29, 1.82) is 0 Å². The van der Waals surface area contributed by atoms with E-state index in [-0.39, 0.29) is 5.56 Å². The SMILES string of the molecule is OC1CCCc2[nH]cc(C(F)(F)F)c21. The van der Waals surface area contributed by atoms with Crippen molar-refractivity contribution < 1.29 is 18.3 Å². The van der Waals surface area contributed by atoms with Gasteiger partial charge in [-0.3, -0.25) is 0 Å². The van der Waals surface area contributed by atoms with Gasteiger partial charge in [0, 0.05) is 17.5 Å². The number of aryl methyl sites for hydroxylation is 1. The van der Waals surface area contributed by atoms with Crippen LogP contribution in [0.3, 0.4) is 0 Å². The fourth-order valence-corrected chi connectivity index (χ4v) is 1.92. The Labute approximate surface area is 78.8 Å². The number of aliphatic hydroxyl groups is 1. The quantitative estimate of drug-likeness (QED) is 0.670. The first-order valence-corrected chi connectivity index (χ1v) is 4.45. The van der Waals surface area contributed by atoms with E-state index in [0.717, 1.165) is 12.6 Å². The van der Waals surface area contributed by atoms with Gasteiger partial charge in [-0.1, -0.05) is 0 Å². The van der Waals surface area contributed by atoms with Crippen LogP contribution in [0.15, 0.2) is 6.20 Å². The normalized spacial score (nSPS) is 22.1. The molecular formula is C9H10F3NO. The Morgan fingerprint density at radius 2 is 2.14 bits per heavy atom. The fraction of sp³-hybridized carbons (Fsp3) is 0.556. The molecule has 1 unspecified atom stereocenters. The number of hydrogen-bond donors (Lipinski definition) is 2. The van der Waals surface area contributed by atoms with Crippen molar-refractivity contribution in [2.45, 2.75) is 31.5 Å². The molecule has 2 rings (SSSR count). The highest BCUT2D eigenvalue weighted by atomic mass is 19.4. The summed E-state index contributed by atoms with van der Waals surface area (Å²) < 4.78 is 37.4. The van der Waals surface area contributed by atoms with Crippen LogP contribution in [-0.4, -0.2) is 10.1 Å². The van der Waals surface area contributed by atoms with E-state index in [2.05, 4.69) is 4.98 Å². The van der Waals surface area contributed by atoms with Gasteiger partial charge >= 0.3 is 6.18 Å². The molecule has 0 aliphatic heterocycles. The molecule has 0 saturated carbocycles. The van der Waals surface area contributed by atoms with E-state index in [9.17, 15) is 18.3 Å². The smallest absolute Gasteiger partial charge is 0.388 e. The third kappa shape index (κ3) is 1.41. The van der Waals surface area contributed by atoms with Crippen LogP contribution in [0.25, 0.3) is 0 Å². The van der Waals surface area contributed by atoms with Crippen molar-refractivity contribution in [3.05, 3.63) is 23.0 Å². The Hall–Kier alpha value is -0.970. The van der Waals surface area contributed by atoms with Gasteiger partial charge < -0.3 is 10.1 Å². The van der Waals surface area contributed by atoms with E-state index in [0.29, 0.717) is 18.5 Å². The van der Waals surface area contributed by atoms with Gasteiger partial charge in [0.15, 0.2) is 0 Å². The van der Waals surface area contributed by atoms with E-state index in [1.807, 2.05) is 0 Å². The largest absolute Gasteiger partial charge is 0.418 e.